The van der Waals surface area contributed by atoms with Crippen LogP contribution < -0.4 is 10.0 Å². The molecule has 0 amide bonds. The zero-order valence-electron chi connectivity index (χ0n) is 13.0. The summed E-state index contributed by atoms with van der Waals surface area (Å²) < 4.78 is 31.5. The SMILES string of the molecule is CCCNC(C)c1csc(NS(=O)(=O)CCOC(C)C)n1. The Balaban J connectivity index is 2.53. The van der Waals surface area contributed by atoms with Gasteiger partial charge in [-0.05, 0) is 33.7 Å². The number of hydrogen-bond donors (Lipinski definition) is 2. The van der Waals surface area contributed by atoms with E-state index in [1.54, 1.807) is 0 Å². The molecule has 1 unspecified atom stereocenters. The molecule has 1 rings (SSSR count). The van der Waals surface area contributed by atoms with E-state index in [9.17, 15) is 8.42 Å². The van der Waals surface area contributed by atoms with E-state index in [4.69, 9.17) is 4.74 Å². The van der Waals surface area contributed by atoms with Gasteiger partial charge in [-0.2, -0.15) is 0 Å². The fourth-order valence-electron chi connectivity index (χ4n) is 1.57. The summed E-state index contributed by atoms with van der Waals surface area (Å²) >= 11 is 1.30. The maximum Gasteiger partial charge on any atom is 0.236 e. The summed E-state index contributed by atoms with van der Waals surface area (Å²) in [5.74, 6) is -0.0657. The quantitative estimate of drug-likeness (QED) is 0.686. The number of nitrogens with one attached hydrogen (secondary N) is 2. The molecule has 0 radical (unpaired) electrons. The Morgan fingerprint density at radius 3 is 2.71 bits per heavy atom. The van der Waals surface area contributed by atoms with Crippen LogP contribution in [-0.2, 0) is 14.8 Å². The summed E-state index contributed by atoms with van der Waals surface area (Å²) in [6, 6.07) is 0.115. The zero-order valence-corrected chi connectivity index (χ0v) is 14.7. The molecular formula is C13H25N3O3S2. The van der Waals surface area contributed by atoms with Crippen molar-refractivity contribution < 1.29 is 13.2 Å². The van der Waals surface area contributed by atoms with Crippen molar-refractivity contribution in [2.45, 2.75) is 46.3 Å². The molecule has 122 valence electrons. The van der Waals surface area contributed by atoms with Crippen LogP contribution in [-0.4, -0.2) is 38.4 Å². The lowest BCUT2D eigenvalue weighted by atomic mass is 10.2. The van der Waals surface area contributed by atoms with Gasteiger partial charge in [-0.25, -0.2) is 13.4 Å². The first kappa shape index (κ1) is 18.3. The van der Waals surface area contributed by atoms with E-state index in [-0.39, 0.29) is 24.5 Å². The molecule has 0 saturated carbocycles. The highest BCUT2D eigenvalue weighted by atomic mass is 32.2. The number of nitrogens with zero attached hydrogens (tertiary/aromatic N) is 1. The van der Waals surface area contributed by atoms with Gasteiger partial charge in [-0.1, -0.05) is 6.92 Å². The highest BCUT2D eigenvalue weighted by Crippen LogP contribution is 2.21. The van der Waals surface area contributed by atoms with Gasteiger partial charge in [0.1, 0.15) is 0 Å². The van der Waals surface area contributed by atoms with Crippen LogP contribution in [0.2, 0.25) is 0 Å². The van der Waals surface area contributed by atoms with E-state index in [2.05, 4.69) is 21.9 Å². The van der Waals surface area contributed by atoms with Crippen molar-refractivity contribution in [3.05, 3.63) is 11.1 Å². The van der Waals surface area contributed by atoms with Gasteiger partial charge in [0, 0.05) is 11.4 Å². The first-order chi connectivity index (χ1) is 9.84. The first-order valence-electron chi connectivity index (χ1n) is 7.15. The van der Waals surface area contributed by atoms with Crippen LogP contribution >= 0.6 is 11.3 Å². The van der Waals surface area contributed by atoms with Gasteiger partial charge >= 0.3 is 0 Å². The largest absolute Gasteiger partial charge is 0.378 e. The second kappa shape index (κ2) is 8.67. The van der Waals surface area contributed by atoms with Crippen molar-refractivity contribution in [1.29, 1.82) is 0 Å². The fraction of sp³-hybridized carbons (Fsp3) is 0.769. The van der Waals surface area contributed by atoms with E-state index in [0.29, 0.717) is 5.13 Å². The number of sulfonamides is 1. The molecule has 0 aliphatic carbocycles. The van der Waals surface area contributed by atoms with Gasteiger partial charge in [0.05, 0.1) is 24.2 Å². The number of hydrogen-bond acceptors (Lipinski definition) is 6. The second-order valence-electron chi connectivity index (χ2n) is 5.09. The summed E-state index contributed by atoms with van der Waals surface area (Å²) in [7, 11) is -3.41. The molecule has 6 nitrogen and oxygen atoms in total. The zero-order chi connectivity index (χ0) is 15.9. The standard InChI is InChI=1S/C13H25N3O3S2/c1-5-6-14-11(4)12-9-20-13(15-12)16-21(17,18)8-7-19-10(2)3/h9-11,14H,5-8H2,1-4H3,(H,15,16). The average Bonchev–Trinajstić information content (AvgIpc) is 2.82. The summed E-state index contributed by atoms with van der Waals surface area (Å²) in [6.07, 6.45) is 1.07. The molecule has 1 heterocycles. The van der Waals surface area contributed by atoms with Crippen LogP contribution in [0.4, 0.5) is 5.13 Å². The van der Waals surface area contributed by atoms with Gasteiger partial charge < -0.3 is 10.1 Å². The van der Waals surface area contributed by atoms with Gasteiger partial charge in [-0.15, -0.1) is 11.3 Å². The Morgan fingerprint density at radius 2 is 2.10 bits per heavy atom. The number of thiazole rings is 1. The number of ether oxygens (including phenoxy) is 1. The highest BCUT2D eigenvalue weighted by molar-refractivity contribution is 7.92. The molecule has 0 spiro atoms. The van der Waals surface area contributed by atoms with E-state index in [0.717, 1.165) is 18.7 Å². The molecule has 8 heteroatoms. The van der Waals surface area contributed by atoms with E-state index < -0.39 is 10.0 Å². The Labute approximate surface area is 131 Å². The van der Waals surface area contributed by atoms with Crippen molar-refractivity contribution in [3.8, 4) is 0 Å². The van der Waals surface area contributed by atoms with Gasteiger partial charge in [-0.3, -0.25) is 4.72 Å². The summed E-state index contributed by atoms with van der Waals surface area (Å²) in [5.41, 5.74) is 0.851. The Kier molecular flexibility index (Phi) is 7.58. The van der Waals surface area contributed by atoms with Gasteiger partial charge in [0.15, 0.2) is 5.13 Å². The molecule has 1 aromatic rings. The van der Waals surface area contributed by atoms with Crippen LogP contribution in [0.15, 0.2) is 5.38 Å². The second-order valence-corrected chi connectivity index (χ2v) is 7.79. The maximum atomic E-state index is 11.9. The predicted octanol–water partition coefficient (Wildman–Crippen LogP) is 2.37. The Hall–Kier alpha value is -0.700. The lowest BCUT2D eigenvalue weighted by Crippen LogP contribution is -2.22. The minimum Gasteiger partial charge on any atom is -0.378 e. The minimum absolute atomic E-state index is 0.0251. The van der Waals surface area contributed by atoms with Gasteiger partial charge in [0.25, 0.3) is 0 Å². The molecule has 1 atom stereocenters. The van der Waals surface area contributed by atoms with Crippen LogP contribution in [0.3, 0.4) is 0 Å². The van der Waals surface area contributed by atoms with Crippen LogP contribution in [0.25, 0.3) is 0 Å². The Bertz CT molecular complexity index is 514. The molecule has 21 heavy (non-hydrogen) atoms. The molecule has 0 fully saturated rings. The first-order valence-corrected chi connectivity index (χ1v) is 9.68. The minimum atomic E-state index is -3.41. The third-order valence-electron chi connectivity index (χ3n) is 2.71. The van der Waals surface area contributed by atoms with Crippen LogP contribution in [0.5, 0.6) is 0 Å². The monoisotopic (exact) mass is 335 g/mol. The van der Waals surface area contributed by atoms with Crippen molar-refractivity contribution in [3.63, 3.8) is 0 Å². The van der Waals surface area contributed by atoms with E-state index in [1.807, 2.05) is 26.2 Å². The Morgan fingerprint density at radius 1 is 1.38 bits per heavy atom. The van der Waals surface area contributed by atoms with Crippen molar-refractivity contribution >= 4 is 26.5 Å². The average molecular weight is 335 g/mol. The molecular weight excluding hydrogens is 310 g/mol. The third kappa shape index (κ3) is 7.21. The number of anilines is 1. The van der Waals surface area contributed by atoms with E-state index in [1.165, 1.54) is 11.3 Å². The third-order valence-corrected chi connectivity index (χ3v) is 4.83. The molecule has 0 aliphatic heterocycles. The molecule has 0 saturated heterocycles. The summed E-state index contributed by atoms with van der Waals surface area (Å²) in [6.45, 7) is 8.95. The molecule has 0 bridgehead atoms. The topological polar surface area (TPSA) is 80.3 Å². The smallest absolute Gasteiger partial charge is 0.236 e. The fourth-order valence-corrected chi connectivity index (χ4v) is 3.52. The normalized spacial score (nSPS) is 13.6. The van der Waals surface area contributed by atoms with Crippen molar-refractivity contribution in [1.82, 2.24) is 10.3 Å². The highest BCUT2D eigenvalue weighted by Gasteiger charge is 2.15. The van der Waals surface area contributed by atoms with Crippen LogP contribution in [0, 0.1) is 0 Å². The molecule has 1 aromatic heterocycles. The molecule has 0 aromatic carbocycles. The summed E-state index contributed by atoms with van der Waals surface area (Å²) in [4.78, 5) is 4.32. The lowest BCUT2D eigenvalue weighted by molar-refractivity contribution is 0.0913. The van der Waals surface area contributed by atoms with Crippen molar-refractivity contribution in [2.24, 2.45) is 0 Å². The molecule has 2 N–H and O–H groups in total. The maximum absolute atomic E-state index is 11.9. The van der Waals surface area contributed by atoms with Crippen molar-refractivity contribution in [2.75, 3.05) is 23.6 Å². The number of aromatic nitrogens is 1. The van der Waals surface area contributed by atoms with E-state index >= 15 is 0 Å². The number of rotatable bonds is 10. The predicted molar refractivity (Wildman–Crippen MR) is 87.3 cm³/mol. The lowest BCUT2D eigenvalue weighted by Gasteiger charge is -2.10. The summed E-state index contributed by atoms with van der Waals surface area (Å²) in [5, 5.41) is 5.59. The molecule has 0 aliphatic rings. The van der Waals surface area contributed by atoms with Gasteiger partial charge in [0.2, 0.25) is 10.0 Å². The van der Waals surface area contributed by atoms with Crippen LogP contribution in [0.1, 0.15) is 45.9 Å².